The molecule has 0 aliphatic carbocycles. The van der Waals surface area contributed by atoms with Crippen LogP contribution in [0.1, 0.15) is 11.3 Å². The number of carbonyl (C=O) groups is 1. The van der Waals surface area contributed by atoms with Crippen molar-refractivity contribution in [1.82, 2.24) is 4.98 Å². The number of hydrogen-bond donors (Lipinski definition) is 0. The van der Waals surface area contributed by atoms with Crippen LogP contribution in [-0.4, -0.2) is 32.2 Å². The van der Waals surface area contributed by atoms with Gasteiger partial charge >= 0.3 is 0 Å². The summed E-state index contributed by atoms with van der Waals surface area (Å²) in [7, 11) is 4.87. The van der Waals surface area contributed by atoms with Crippen LogP contribution in [-0.2, 0) is 11.2 Å². The zero-order chi connectivity index (χ0) is 20.1. The Balaban J connectivity index is 1.75. The molecule has 0 aliphatic heterocycles. The van der Waals surface area contributed by atoms with Crippen molar-refractivity contribution >= 4 is 22.9 Å². The second kappa shape index (κ2) is 8.55. The van der Waals surface area contributed by atoms with E-state index in [0.717, 1.165) is 10.6 Å². The Hall–Kier alpha value is -3.37. The van der Waals surface area contributed by atoms with Crippen LogP contribution in [0.4, 0.5) is 5.69 Å². The average molecular weight is 393 g/mol. The number of anilines is 1. The fourth-order valence-electron chi connectivity index (χ4n) is 2.69. The van der Waals surface area contributed by atoms with Gasteiger partial charge in [0, 0.05) is 23.7 Å². The molecule has 3 rings (SSSR count). The quantitative estimate of drug-likeness (QED) is 0.635. The highest BCUT2D eigenvalue weighted by Gasteiger charge is 2.15. The van der Waals surface area contributed by atoms with Gasteiger partial charge in [0.15, 0.2) is 11.5 Å². The lowest BCUT2D eigenvalue weighted by atomic mass is 10.2. The maximum atomic E-state index is 12.6. The third-order valence-corrected chi connectivity index (χ3v) is 5.19. The van der Waals surface area contributed by atoms with Gasteiger partial charge in [0.25, 0.3) is 0 Å². The number of carbonyl (C=O) groups excluding carboxylic acids is 1. The molecule has 1 heterocycles. The van der Waals surface area contributed by atoms with Crippen LogP contribution in [0.15, 0.2) is 47.8 Å². The maximum absolute atomic E-state index is 12.6. The zero-order valence-corrected chi connectivity index (χ0v) is 16.6. The second-order valence-corrected chi connectivity index (χ2v) is 6.86. The summed E-state index contributed by atoms with van der Waals surface area (Å²) in [5.41, 5.74) is 2.79. The van der Waals surface area contributed by atoms with Crippen molar-refractivity contribution in [3.63, 3.8) is 0 Å². The van der Waals surface area contributed by atoms with Crippen molar-refractivity contribution in [2.45, 2.75) is 6.42 Å². The molecular formula is C21H19N3O3S. The monoisotopic (exact) mass is 393 g/mol. The van der Waals surface area contributed by atoms with E-state index in [1.54, 1.807) is 45.5 Å². The maximum Gasteiger partial charge on any atom is 0.232 e. The standard InChI is InChI=1S/C21H19N3O3S/c1-24(17-6-4-5-14(9-17)12-22)20(25)11-16-13-28-21(23-16)15-7-8-18(26-2)19(10-15)27-3/h4-10,13H,11H2,1-3H3. The normalized spacial score (nSPS) is 10.2. The molecule has 0 saturated carbocycles. The molecule has 0 unspecified atom stereocenters. The summed E-state index contributed by atoms with van der Waals surface area (Å²) in [4.78, 5) is 18.7. The van der Waals surface area contributed by atoms with Gasteiger partial charge in [-0.3, -0.25) is 4.79 Å². The number of benzene rings is 2. The third-order valence-electron chi connectivity index (χ3n) is 4.25. The number of methoxy groups -OCH3 is 2. The predicted octanol–water partition coefficient (Wildman–Crippen LogP) is 3.90. The lowest BCUT2D eigenvalue weighted by Crippen LogP contribution is -2.27. The molecule has 1 amide bonds. The van der Waals surface area contributed by atoms with E-state index in [9.17, 15) is 4.79 Å². The Morgan fingerprint density at radius 2 is 1.96 bits per heavy atom. The van der Waals surface area contributed by atoms with E-state index in [1.165, 1.54) is 16.2 Å². The van der Waals surface area contributed by atoms with Crippen LogP contribution in [0.25, 0.3) is 10.6 Å². The van der Waals surface area contributed by atoms with E-state index in [1.807, 2.05) is 23.6 Å². The molecule has 2 aromatic carbocycles. The number of likely N-dealkylation sites (N-methyl/N-ethyl adjacent to an activating group) is 1. The van der Waals surface area contributed by atoms with Crippen LogP contribution < -0.4 is 14.4 Å². The number of nitrogens with zero attached hydrogens (tertiary/aromatic N) is 3. The first kappa shape index (κ1) is 19.4. The first-order valence-electron chi connectivity index (χ1n) is 8.49. The second-order valence-electron chi connectivity index (χ2n) is 6.01. The van der Waals surface area contributed by atoms with Crippen molar-refractivity contribution in [2.24, 2.45) is 0 Å². The highest BCUT2D eigenvalue weighted by atomic mass is 32.1. The zero-order valence-electron chi connectivity index (χ0n) is 15.8. The Labute approximate surface area is 167 Å². The largest absolute Gasteiger partial charge is 0.493 e. The lowest BCUT2D eigenvalue weighted by Gasteiger charge is -2.16. The van der Waals surface area contributed by atoms with E-state index in [2.05, 4.69) is 11.1 Å². The van der Waals surface area contributed by atoms with Crippen LogP contribution in [0.3, 0.4) is 0 Å². The van der Waals surface area contributed by atoms with Crippen LogP contribution in [0, 0.1) is 11.3 Å². The average Bonchev–Trinajstić information content (AvgIpc) is 3.21. The summed E-state index contributed by atoms with van der Waals surface area (Å²) in [6.07, 6.45) is 0.178. The Morgan fingerprint density at radius 1 is 1.18 bits per heavy atom. The molecule has 28 heavy (non-hydrogen) atoms. The Morgan fingerprint density at radius 3 is 2.68 bits per heavy atom. The summed E-state index contributed by atoms with van der Waals surface area (Å²) in [6.45, 7) is 0. The molecule has 0 saturated heterocycles. The van der Waals surface area contributed by atoms with Gasteiger partial charge in [0.2, 0.25) is 5.91 Å². The summed E-state index contributed by atoms with van der Waals surface area (Å²) in [5, 5.41) is 11.7. The number of aromatic nitrogens is 1. The summed E-state index contributed by atoms with van der Waals surface area (Å²) < 4.78 is 10.6. The summed E-state index contributed by atoms with van der Waals surface area (Å²) in [5.74, 6) is 1.18. The summed E-state index contributed by atoms with van der Waals surface area (Å²) >= 11 is 1.47. The van der Waals surface area contributed by atoms with E-state index in [-0.39, 0.29) is 12.3 Å². The highest BCUT2D eigenvalue weighted by Crippen LogP contribution is 2.33. The van der Waals surface area contributed by atoms with Crippen LogP contribution in [0.5, 0.6) is 11.5 Å². The van der Waals surface area contributed by atoms with E-state index >= 15 is 0 Å². The molecule has 0 fully saturated rings. The van der Waals surface area contributed by atoms with Gasteiger partial charge < -0.3 is 14.4 Å². The number of nitriles is 1. The van der Waals surface area contributed by atoms with Gasteiger partial charge in [-0.1, -0.05) is 6.07 Å². The molecule has 0 bridgehead atoms. The third kappa shape index (κ3) is 4.13. The molecule has 0 N–H and O–H groups in total. The van der Waals surface area contributed by atoms with Crippen molar-refractivity contribution in [3.8, 4) is 28.1 Å². The minimum Gasteiger partial charge on any atom is -0.493 e. The first-order valence-corrected chi connectivity index (χ1v) is 9.37. The minimum atomic E-state index is -0.0979. The molecule has 7 heteroatoms. The number of hydrogen-bond acceptors (Lipinski definition) is 6. The molecule has 0 atom stereocenters. The molecule has 1 aromatic heterocycles. The summed E-state index contributed by atoms with van der Waals surface area (Å²) in [6, 6.07) is 14.6. The van der Waals surface area contributed by atoms with Crippen LogP contribution in [0.2, 0.25) is 0 Å². The lowest BCUT2D eigenvalue weighted by molar-refractivity contribution is -0.117. The molecule has 3 aromatic rings. The van der Waals surface area contributed by atoms with Crippen LogP contribution >= 0.6 is 11.3 Å². The Bertz CT molecular complexity index is 1040. The minimum absolute atomic E-state index is 0.0979. The molecular weight excluding hydrogens is 374 g/mol. The Kier molecular flexibility index (Phi) is 5.92. The number of thiazole rings is 1. The fourth-order valence-corrected chi connectivity index (χ4v) is 3.51. The van der Waals surface area contributed by atoms with Crippen molar-refractivity contribution in [1.29, 1.82) is 5.26 Å². The SMILES string of the molecule is COc1ccc(-c2nc(CC(=O)N(C)c3cccc(C#N)c3)cs2)cc1OC. The van der Waals surface area contributed by atoms with Crippen molar-refractivity contribution in [3.05, 3.63) is 59.1 Å². The number of rotatable bonds is 6. The van der Waals surface area contributed by atoms with Gasteiger partial charge in [-0.25, -0.2) is 4.98 Å². The van der Waals surface area contributed by atoms with Crippen molar-refractivity contribution in [2.75, 3.05) is 26.2 Å². The van der Waals surface area contributed by atoms with E-state index < -0.39 is 0 Å². The topological polar surface area (TPSA) is 75.5 Å². The van der Waals surface area contributed by atoms with E-state index in [4.69, 9.17) is 14.7 Å². The molecule has 142 valence electrons. The number of amides is 1. The van der Waals surface area contributed by atoms with Crippen molar-refractivity contribution < 1.29 is 14.3 Å². The smallest absolute Gasteiger partial charge is 0.232 e. The predicted molar refractivity (Wildman–Crippen MR) is 109 cm³/mol. The molecule has 6 nitrogen and oxygen atoms in total. The number of ether oxygens (including phenoxy) is 2. The molecule has 0 radical (unpaired) electrons. The highest BCUT2D eigenvalue weighted by molar-refractivity contribution is 7.13. The first-order chi connectivity index (χ1) is 13.5. The van der Waals surface area contributed by atoms with Gasteiger partial charge in [0.1, 0.15) is 5.01 Å². The molecule has 0 aliphatic rings. The fraction of sp³-hybridized carbons (Fsp3) is 0.190. The van der Waals surface area contributed by atoms with Gasteiger partial charge in [-0.15, -0.1) is 11.3 Å². The van der Waals surface area contributed by atoms with Gasteiger partial charge in [-0.2, -0.15) is 5.26 Å². The molecule has 0 spiro atoms. The van der Waals surface area contributed by atoms with E-state index in [0.29, 0.717) is 28.4 Å². The van der Waals surface area contributed by atoms with Gasteiger partial charge in [-0.05, 0) is 36.4 Å². The van der Waals surface area contributed by atoms with Gasteiger partial charge in [0.05, 0.1) is 38.0 Å².